The summed E-state index contributed by atoms with van der Waals surface area (Å²) in [6.45, 7) is 7.07. The Balaban J connectivity index is 1.49. The van der Waals surface area contributed by atoms with E-state index in [9.17, 15) is 4.79 Å². The lowest BCUT2D eigenvalue weighted by Crippen LogP contribution is -2.35. The van der Waals surface area contributed by atoms with Gasteiger partial charge in [-0.15, -0.1) is 5.10 Å². The maximum Gasteiger partial charge on any atom is 0.251 e. The monoisotopic (exact) mass is 406 g/mol. The number of rotatable bonds is 7. The van der Waals surface area contributed by atoms with Crippen LogP contribution < -0.4 is 16.0 Å². The maximum absolute atomic E-state index is 12.3. The molecule has 2 aromatic heterocycles. The molecule has 0 atom stereocenters. The highest BCUT2D eigenvalue weighted by molar-refractivity contribution is 5.94. The number of aromatic nitrogens is 3. The minimum Gasteiger partial charge on any atom is -0.366 e. The van der Waals surface area contributed by atoms with Crippen LogP contribution in [-0.2, 0) is 0 Å². The first-order valence-corrected chi connectivity index (χ1v) is 10.8. The molecule has 1 aliphatic heterocycles. The molecule has 0 aliphatic carbocycles. The van der Waals surface area contributed by atoms with Gasteiger partial charge in [-0.05, 0) is 62.5 Å². The van der Waals surface area contributed by atoms with E-state index in [1.165, 1.54) is 0 Å². The lowest BCUT2D eigenvalue weighted by atomic mass is 10.1. The number of piperidine rings is 1. The van der Waals surface area contributed by atoms with Gasteiger partial charge in [0.2, 0.25) is 0 Å². The second-order valence-electron chi connectivity index (χ2n) is 8.32. The number of imidazole rings is 1. The highest BCUT2D eigenvalue weighted by Crippen LogP contribution is 2.22. The van der Waals surface area contributed by atoms with Crippen molar-refractivity contribution in [3.63, 3.8) is 0 Å². The predicted molar refractivity (Wildman–Crippen MR) is 120 cm³/mol. The van der Waals surface area contributed by atoms with E-state index in [1.54, 1.807) is 0 Å². The summed E-state index contributed by atoms with van der Waals surface area (Å²) < 4.78 is 1.86. The lowest BCUT2D eigenvalue weighted by molar-refractivity contribution is 0.0952. The number of nitrogens with zero attached hydrogens (tertiary/aromatic N) is 3. The van der Waals surface area contributed by atoms with Gasteiger partial charge in [-0.25, -0.2) is 9.50 Å². The molecule has 0 radical (unpaired) electrons. The van der Waals surface area contributed by atoms with Crippen molar-refractivity contribution in [2.75, 3.05) is 25.0 Å². The molecule has 4 rings (SSSR count). The van der Waals surface area contributed by atoms with Crippen molar-refractivity contribution in [1.29, 1.82) is 0 Å². The van der Waals surface area contributed by atoms with Gasteiger partial charge in [0.1, 0.15) is 5.82 Å². The molecule has 1 fully saturated rings. The number of carbonyl (C=O) groups is 1. The number of amides is 1. The molecular weight excluding hydrogens is 376 g/mol. The Hall–Kier alpha value is -2.93. The largest absolute Gasteiger partial charge is 0.366 e. The first-order valence-electron chi connectivity index (χ1n) is 10.8. The van der Waals surface area contributed by atoms with Crippen LogP contribution in [0, 0.1) is 5.92 Å². The van der Waals surface area contributed by atoms with E-state index in [1.807, 2.05) is 47.1 Å². The molecule has 0 spiro atoms. The summed E-state index contributed by atoms with van der Waals surface area (Å²) in [7, 11) is 0. The summed E-state index contributed by atoms with van der Waals surface area (Å²) in [5.74, 6) is 1.39. The van der Waals surface area contributed by atoms with Crippen LogP contribution in [0.2, 0.25) is 0 Å². The van der Waals surface area contributed by atoms with Crippen LogP contribution in [0.4, 0.5) is 5.82 Å². The van der Waals surface area contributed by atoms with Gasteiger partial charge in [-0.1, -0.05) is 26.0 Å². The van der Waals surface area contributed by atoms with Gasteiger partial charge in [0.25, 0.3) is 5.91 Å². The molecule has 3 heterocycles. The van der Waals surface area contributed by atoms with Crippen molar-refractivity contribution in [1.82, 2.24) is 25.2 Å². The summed E-state index contributed by atoms with van der Waals surface area (Å²) in [5, 5.41) is 14.7. The third-order valence-electron chi connectivity index (χ3n) is 5.50. The van der Waals surface area contributed by atoms with E-state index in [-0.39, 0.29) is 5.91 Å². The second-order valence-corrected chi connectivity index (χ2v) is 8.32. The molecule has 0 unspecified atom stereocenters. The molecule has 1 amide bonds. The third-order valence-corrected chi connectivity index (χ3v) is 5.50. The van der Waals surface area contributed by atoms with Gasteiger partial charge in [0.05, 0.1) is 11.9 Å². The fourth-order valence-corrected chi connectivity index (χ4v) is 3.69. The lowest BCUT2D eigenvalue weighted by Gasteiger charge is -2.24. The fourth-order valence-electron chi connectivity index (χ4n) is 3.69. The van der Waals surface area contributed by atoms with E-state index in [4.69, 9.17) is 5.10 Å². The zero-order valence-electron chi connectivity index (χ0n) is 17.7. The standard InChI is InChI=1S/C23H30N6O/c1-16(2)9-14-25-23(30)18-5-3-17(4-6-18)20-15-26-22-8-7-21(28-29(20)22)27-19-10-12-24-13-11-19/h3-8,15-16,19,24H,9-14H2,1-2H3,(H,25,30)(H,27,28). The molecule has 3 aromatic rings. The zero-order valence-corrected chi connectivity index (χ0v) is 17.7. The van der Waals surface area contributed by atoms with Gasteiger partial charge >= 0.3 is 0 Å². The summed E-state index contributed by atoms with van der Waals surface area (Å²) in [5.41, 5.74) is 3.35. The minimum absolute atomic E-state index is 0.0353. The van der Waals surface area contributed by atoms with E-state index in [2.05, 4.69) is 34.8 Å². The van der Waals surface area contributed by atoms with E-state index < -0.39 is 0 Å². The summed E-state index contributed by atoms with van der Waals surface area (Å²) in [6.07, 6.45) is 4.99. The number of benzene rings is 1. The van der Waals surface area contributed by atoms with Crippen LogP contribution in [0.25, 0.3) is 16.9 Å². The second kappa shape index (κ2) is 9.26. The van der Waals surface area contributed by atoms with Gasteiger partial charge in [0, 0.05) is 23.7 Å². The molecule has 30 heavy (non-hydrogen) atoms. The van der Waals surface area contributed by atoms with E-state index in [0.29, 0.717) is 24.1 Å². The van der Waals surface area contributed by atoms with Crippen molar-refractivity contribution < 1.29 is 4.79 Å². The van der Waals surface area contributed by atoms with Crippen molar-refractivity contribution in [3.05, 3.63) is 48.2 Å². The Morgan fingerprint density at radius 2 is 1.93 bits per heavy atom. The Labute approximate surface area is 177 Å². The van der Waals surface area contributed by atoms with Crippen LogP contribution in [0.3, 0.4) is 0 Å². The van der Waals surface area contributed by atoms with Crippen molar-refractivity contribution in [2.45, 2.75) is 39.2 Å². The van der Waals surface area contributed by atoms with Crippen LogP contribution in [-0.4, -0.2) is 46.2 Å². The average Bonchev–Trinajstić information content (AvgIpc) is 3.17. The van der Waals surface area contributed by atoms with Crippen LogP contribution in [0.15, 0.2) is 42.6 Å². The number of carbonyl (C=O) groups excluding carboxylic acids is 1. The molecular formula is C23H30N6O. The quantitative estimate of drug-likeness (QED) is 0.561. The molecule has 1 aromatic carbocycles. The molecule has 7 nitrogen and oxygen atoms in total. The molecule has 7 heteroatoms. The normalized spacial score (nSPS) is 14.9. The highest BCUT2D eigenvalue weighted by atomic mass is 16.1. The van der Waals surface area contributed by atoms with Crippen LogP contribution in [0.5, 0.6) is 0 Å². The third kappa shape index (κ3) is 4.79. The zero-order chi connectivity index (χ0) is 20.9. The van der Waals surface area contributed by atoms with Gasteiger partial charge in [-0.2, -0.15) is 0 Å². The summed E-state index contributed by atoms with van der Waals surface area (Å²) >= 11 is 0. The molecule has 3 N–H and O–H groups in total. The van der Waals surface area contributed by atoms with Crippen molar-refractivity contribution in [2.24, 2.45) is 5.92 Å². The van der Waals surface area contributed by atoms with E-state index in [0.717, 1.165) is 55.1 Å². The Morgan fingerprint density at radius 1 is 1.17 bits per heavy atom. The average molecular weight is 407 g/mol. The molecule has 0 bridgehead atoms. The highest BCUT2D eigenvalue weighted by Gasteiger charge is 2.15. The predicted octanol–water partition coefficient (Wildman–Crippen LogP) is 3.34. The molecule has 158 valence electrons. The Kier molecular flexibility index (Phi) is 6.28. The molecule has 1 saturated heterocycles. The van der Waals surface area contributed by atoms with Gasteiger partial charge < -0.3 is 16.0 Å². The number of anilines is 1. The SMILES string of the molecule is CC(C)CCNC(=O)c1ccc(-c2cnc3ccc(NC4CCNCC4)nn23)cc1. The van der Waals surface area contributed by atoms with E-state index >= 15 is 0 Å². The summed E-state index contributed by atoms with van der Waals surface area (Å²) in [6, 6.07) is 12.0. The Bertz CT molecular complexity index is 989. The number of nitrogens with one attached hydrogen (secondary N) is 3. The molecule has 1 aliphatic rings. The minimum atomic E-state index is -0.0353. The number of hydrogen-bond donors (Lipinski definition) is 3. The van der Waals surface area contributed by atoms with Crippen LogP contribution >= 0.6 is 0 Å². The fraction of sp³-hybridized carbons (Fsp3) is 0.435. The topological polar surface area (TPSA) is 83.3 Å². The number of hydrogen-bond acceptors (Lipinski definition) is 5. The van der Waals surface area contributed by atoms with Gasteiger partial charge in [0.15, 0.2) is 5.65 Å². The maximum atomic E-state index is 12.3. The number of fused-ring (bicyclic) bond motifs is 1. The Morgan fingerprint density at radius 3 is 2.67 bits per heavy atom. The summed E-state index contributed by atoms with van der Waals surface area (Å²) in [4.78, 5) is 16.8. The van der Waals surface area contributed by atoms with Crippen LogP contribution in [0.1, 0.15) is 43.5 Å². The first kappa shape index (κ1) is 20.3. The smallest absolute Gasteiger partial charge is 0.251 e. The first-order chi connectivity index (χ1) is 14.6. The van der Waals surface area contributed by atoms with Crippen molar-refractivity contribution >= 4 is 17.4 Å². The van der Waals surface area contributed by atoms with Gasteiger partial charge in [-0.3, -0.25) is 4.79 Å². The molecule has 0 saturated carbocycles. The van der Waals surface area contributed by atoms with Crippen molar-refractivity contribution in [3.8, 4) is 11.3 Å².